The van der Waals surface area contributed by atoms with Crippen LogP contribution in [0.3, 0.4) is 0 Å². The van der Waals surface area contributed by atoms with E-state index in [4.69, 9.17) is 6.42 Å². The van der Waals surface area contributed by atoms with Gasteiger partial charge < -0.3 is 5.32 Å². The lowest BCUT2D eigenvalue weighted by molar-refractivity contribution is 0.102. The maximum absolute atomic E-state index is 13.1. The first-order chi connectivity index (χ1) is 12.6. The number of fused-ring (bicyclic) bond motifs is 1. The molecule has 3 aromatic rings. The molecule has 1 saturated carbocycles. The number of hydrogen-bond acceptors (Lipinski definition) is 2. The number of amides is 1. The summed E-state index contributed by atoms with van der Waals surface area (Å²) in [6.45, 7) is 2.43. The van der Waals surface area contributed by atoms with E-state index >= 15 is 0 Å². The van der Waals surface area contributed by atoms with Crippen LogP contribution in [-0.2, 0) is 6.54 Å². The minimum Gasteiger partial charge on any atom is -0.305 e. The van der Waals surface area contributed by atoms with Gasteiger partial charge in [-0.3, -0.25) is 9.48 Å². The first-order valence-electron chi connectivity index (χ1n) is 8.59. The van der Waals surface area contributed by atoms with Crippen LogP contribution in [0.5, 0.6) is 0 Å². The fourth-order valence-corrected chi connectivity index (χ4v) is 3.36. The molecule has 26 heavy (non-hydrogen) atoms. The smallest absolute Gasteiger partial charge is 0.256 e. The third-order valence-electron chi connectivity index (χ3n) is 4.73. The fourth-order valence-electron chi connectivity index (χ4n) is 3.36. The van der Waals surface area contributed by atoms with E-state index in [9.17, 15) is 9.18 Å². The Hall–Kier alpha value is -3.13. The molecular formula is C21H18FN3O. The van der Waals surface area contributed by atoms with Crippen molar-refractivity contribution in [1.82, 2.24) is 9.78 Å². The van der Waals surface area contributed by atoms with Gasteiger partial charge in [-0.15, -0.1) is 6.42 Å². The van der Waals surface area contributed by atoms with Crippen LogP contribution >= 0.6 is 0 Å². The molecule has 0 bridgehead atoms. The lowest BCUT2D eigenvalue weighted by atomic mass is 10.0. The van der Waals surface area contributed by atoms with Gasteiger partial charge in [0.1, 0.15) is 12.4 Å². The van der Waals surface area contributed by atoms with Crippen molar-refractivity contribution in [3.05, 3.63) is 58.9 Å². The molecule has 1 aliphatic carbocycles. The van der Waals surface area contributed by atoms with Crippen LogP contribution in [0.2, 0.25) is 0 Å². The zero-order valence-electron chi connectivity index (χ0n) is 14.4. The van der Waals surface area contributed by atoms with Crippen LogP contribution in [-0.4, -0.2) is 15.7 Å². The minimum absolute atomic E-state index is 0.328. The lowest BCUT2D eigenvalue weighted by Gasteiger charge is -2.08. The van der Waals surface area contributed by atoms with Gasteiger partial charge in [-0.25, -0.2) is 4.39 Å². The molecule has 5 heteroatoms. The van der Waals surface area contributed by atoms with E-state index in [0.29, 0.717) is 23.8 Å². The number of aryl methyl sites for hydroxylation is 1. The van der Waals surface area contributed by atoms with Crippen LogP contribution < -0.4 is 5.32 Å². The van der Waals surface area contributed by atoms with Crippen molar-refractivity contribution < 1.29 is 9.18 Å². The Morgan fingerprint density at radius 3 is 2.69 bits per heavy atom. The number of anilines is 1. The van der Waals surface area contributed by atoms with Gasteiger partial charge in [0.2, 0.25) is 0 Å². The van der Waals surface area contributed by atoms with Gasteiger partial charge in [-0.1, -0.05) is 12.0 Å². The van der Waals surface area contributed by atoms with E-state index in [2.05, 4.69) is 29.3 Å². The minimum atomic E-state index is -0.380. The average molecular weight is 347 g/mol. The maximum atomic E-state index is 13.1. The number of nitrogens with one attached hydrogen (secondary N) is 1. The van der Waals surface area contributed by atoms with E-state index < -0.39 is 0 Å². The molecule has 4 nitrogen and oxygen atoms in total. The van der Waals surface area contributed by atoms with Crippen LogP contribution in [0.4, 0.5) is 10.2 Å². The number of aromatic nitrogens is 2. The molecule has 1 heterocycles. The Kier molecular flexibility index (Phi) is 3.96. The van der Waals surface area contributed by atoms with Gasteiger partial charge in [0.05, 0.1) is 5.52 Å². The summed E-state index contributed by atoms with van der Waals surface area (Å²) in [4.78, 5) is 12.5. The Morgan fingerprint density at radius 2 is 2.04 bits per heavy atom. The van der Waals surface area contributed by atoms with Gasteiger partial charge >= 0.3 is 0 Å². The predicted octanol–water partition coefficient (Wildman–Crippen LogP) is 4.25. The summed E-state index contributed by atoms with van der Waals surface area (Å²) < 4.78 is 14.9. The van der Waals surface area contributed by atoms with Crippen molar-refractivity contribution in [3.8, 4) is 12.3 Å². The van der Waals surface area contributed by atoms with E-state index in [1.165, 1.54) is 48.2 Å². The number of hydrogen-bond donors (Lipinski definition) is 1. The lowest BCUT2D eigenvalue weighted by Crippen LogP contribution is -2.12. The molecule has 1 fully saturated rings. The molecule has 1 N–H and O–H groups in total. The van der Waals surface area contributed by atoms with Crippen molar-refractivity contribution in [2.24, 2.45) is 0 Å². The van der Waals surface area contributed by atoms with Crippen LogP contribution in [0.25, 0.3) is 10.9 Å². The van der Waals surface area contributed by atoms with E-state index in [0.717, 1.165) is 10.9 Å². The summed E-state index contributed by atoms with van der Waals surface area (Å²) in [5, 5.41) is 8.26. The largest absolute Gasteiger partial charge is 0.305 e. The molecule has 2 aromatic carbocycles. The van der Waals surface area contributed by atoms with E-state index in [1.54, 1.807) is 4.68 Å². The molecule has 1 aromatic heterocycles. The second-order valence-electron chi connectivity index (χ2n) is 6.64. The molecule has 0 atom stereocenters. The number of carbonyl (C=O) groups excluding carboxylic acids is 1. The second-order valence-corrected chi connectivity index (χ2v) is 6.64. The molecule has 1 aliphatic rings. The normalized spacial score (nSPS) is 13.6. The first kappa shape index (κ1) is 16.3. The maximum Gasteiger partial charge on any atom is 0.256 e. The molecule has 130 valence electrons. The average Bonchev–Trinajstić information content (AvgIpc) is 3.40. The summed E-state index contributed by atoms with van der Waals surface area (Å²) in [6, 6.07) is 9.45. The molecule has 0 unspecified atom stereocenters. The SMILES string of the molecule is C#CCn1nc(NC(=O)c2ccc(F)cc2)c2ccc(C)c(C3CC3)c21. The molecule has 1 amide bonds. The molecule has 0 aliphatic heterocycles. The number of carbonyl (C=O) groups is 1. The summed E-state index contributed by atoms with van der Waals surface area (Å²) in [7, 11) is 0. The fraction of sp³-hybridized carbons (Fsp3) is 0.238. The van der Waals surface area contributed by atoms with Crippen LogP contribution in [0.15, 0.2) is 36.4 Å². The highest BCUT2D eigenvalue weighted by Gasteiger charge is 2.29. The number of benzene rings is 2. The summed E-state index contributed by atoms with van der Waals surface area (Å²) in [5.41, 5.74) is 3.86. The van der Waals surface area contributed by atoms with Crippen molar-refractivity contribution >= 4 is 22.6 Å². The number of rotatable bonds is 4. The van der Waals surface area contributed by atoms with Gasteiger partial charge in [-0.2, -0.15) is 5.10 Å². The summed E-state index contributed by atoms with van der Waals surface area (Å²) in [6.07, 6.45) is 7.84. The van der Waals surface area contributed by atoms with Crippen LogP contribution in [0, 0.1) is 25.1 Å². The van der Waals surface area contributed by atoms with Crippen molar-refractivity contribution in [3.63, 3.8) is 0 Å². The Labute approximate surface area is 151 Å². The van der Waals surface area contributed by atoms with E-state index in [1.807, 2.05) is 6.07 Å². The first-order valence-corrected chi connectivity index (χ1v) is 8.59. The standard InChI is InChI=1S/C21H18FN3O/c1-3-12-25-19-17(11-4-13(2)18(19)14-5-6-14)20(24-25)23-21(26)15-7-9-16(22)10-8-15/h1,4,7-11,14H,5-6,12H2,2H3,(H,23,24,26). The van der Waals surface area contributed by atoms with E-state index in [-0.39, 0.29) is 11.7 Å². The monoisotopic (exact) mass is 347 g/mol. The van der Waals surface area contributed by atoms with Gasteiger partial charge in [0, 0.05) is 10.9 Å². The van der Waals surface area contributed by atoms with Gasteiger partial charge in [-0.05, 0) is 67.1 Å². The van der Waals surface area contributed by atoms with Crippen molar-refractivity contribution in [1.29, 1.82) is 0 Å². The Balaban J connectivity index is 1.78. The van der Waals surface area contributed by atoms with Gasteiger partial charge in [0.25, 0.3) is 5.91 Å². The van der Waals surface area contributed by atoms with Crippen LogP contribution in [0.1, 0.15) is 40.2 Å². The second kappa shape index (κ2) is 6.30. The zero-order chi connectivity index (χ0) is 18.3. The number of terminal acetylenes is 1. The quantitative estimate of drug-likeness (QED) is 0.717. The third kappa shape index (κ3) is 2.84. The zero-order valence-corrected chi connectivity index (χ0v) is 14.4. The summed E-state index contributed by atoms with van der Waals surface area (Å²) >= 11 is 0. The van der Waals surface area contributed by atoms with Crippen molar-refractivity contribution in [2.75, 3.05) is 5.32 Å². The molecule has 0 radical (unpaired) electrons. The third-order valence-corrected chi connectivity index (χ3v) is 4.73. The topological polar surface area (TPSA) is 46.9 Å². The molecular weight excluding hydrogens is 329 g/mol. The highest BCUT2D eigenvalue weighted by Crippen LogP contribution is 2.45. The Bertz CT molecular complexity index is 1040. The summed E-state index contributed by atoms with van der Waals surface area (Å²) in [5.74, 6) is 2.94. The molecule has 4 rings (SSSR count). The Morgan fingerprint density at radius 1 is 1.31 bits per heavy atom. The molecule has 0 saturated heterocycles. The molecule has 0 spiro atoms. The van der Waals surface area contributed by atoms with Crippen molar-refractivity contribution in [2.45, 2.75) is 32.2 Å². The highest BCUT2D eigenvalue weighted by molar-refractivity contribution is 6.08. The predicted molar refractivity (Wildman–Crippen MR) is 99.6 cm³/mol. The number of nitrogens with zero attached hydrogens (tertiary/aromatic N) is 2. The number of halogens is 1. The van der Waals surface area contributed by atoms with Gasteiger partial charge in [0.15, 0.2) is 5.82 Å². The highest BCUT2D eigenvalue weighted by atomic mass is 19.1.